The standard InChI is InChI=1S/C45H32N2O12/c48-32-27(33(49)35(51)28(34(32)50)29-36(52)39(55)37(53)30-31-38(54)40(56)41(57)42(58)44(31)59-43(29)30)20-47-45(26-17-15-25(16-18-26)23-9-5-2-6-10-23)46-19-21-11-13-24(14-12-21)22-7-3-1-4-8-22/h1-19,48-58H,20H2/b46-19-,47-45-. The van der Waals surface area contributed by atoms with E-state index in [4.69, 9.17) is 4.42 Å². The second-order valence-electron chi connectivity index (χ2n) is 13.4. The zero-order chi connectivity index (χ0) is 41.7. The smallest absolute Gasteiger partial charge is 0.208 e. The molecule has 1 aromatic heterocycles. The summed E-state index contributed by atoms with van der Waals surface area (Å²) in [6, 6.07) is 34.4. The van der Waals surface area contributed by atoms with Gasteiger partial charge in [-0.3, -0.25) is 4.99 Å². The van der Waals surface area contributed by atoms with Gasteiger partial charge in [0.1, 0.15) is 0 Å². The fraction of sp³-hybridized carbons (Fsp3) is 0.0222. The number of fused-ring (bicyclic) bond motifs is 3. The van der Waals surface area contributed by atoms with Crippen LogP contribution in [-0.2, 0) is 6.54 Å². The number of rotatable bonds is 7. The summed E-state index contributed by atoms with van der Waals surface area (Å²) in [5, 5.41) is 118. The van der Waals surface area contributed by atoms with Crippen LogP contribution in [0.4, 0.5) is 0 Å². The lowest BCUT2D eigenvalue weighted by atomic mass is 9.95. The minimum atomic E-state index is -1.29. The van der Waals surface area contributed by atoms with Crippen molar-refractivity contribution in [2.75, 3.05) is 0 Å². The normalized spacial score (nSPS) is 11.9. The van der Waals surface area contributed by atoms with Gasteiger partial charge in [-0.1, -0.05) is 109 Å². The Kier molecular flexibility index (Phi) is 9.21. The van der Waals surface area contributed by atoms with Gasteiger partial charge < -0.3 is 60.6 Å². The number of furan rings is 1. The van der Waals surface area contributed by atoms with Crippen molar-refractivity contribution in [2.24, 2.45) is 9.98 Å². The summed E-state index contributed by atoms with van der Waals surface area (Å²) in [6.07, 6.45) is 1.57. The molecule has 294 valence electrons. The minimum absolute atomic E-state index is 0.134. The molecule has 14 heteroatoms. The lowest BCUT2D eigenvalue weighted by molar-refractivity contribution is 0.348. The molecule has 11 N–H and O–H groups in total. The molecular formula is C45H32N2O12. The predicted octanol–water partition coefficient (Wildman–Crippen LogP) is 8.41. The van der Waals surface area contributed by atoms with E-state index in [1.165, 1.54) is 0 Å². The summed E-state index contributed by atoms with van der Waals surface area (Å²) >= 11 is 0. The lowest BCUT2D eigenvalue weighted by Gasteiger charge is -2.17. The molecule has 1 heterocycles. The van der Waals surface area contributed by atoms with E-state index < -0.39 is 108 Å². The Morgan fingerprint density at radius 3 is 1.41 bits per heavy atom. The van der Waals surface area contributed by atoms with Crippen molar-refractivity contribution in [3.8, 4) is 96.6 Å². The third kappa shape index (κ3) is 6.26. The summed E-state index contributed by atoms with van der Waals surface area (Å²) in [5.74, 6) is -12.6. The number of hydrogen-bond donors (Lipinski definition) is 11. The Morgan fingerprint density at radius 1 is 0.424 bits per heavy atom. The molecule has 0 aliphatic heterocycles. The number of hydrogen-bond acceptors (Lipinski definition) is 13. The summed E-state index contributed by atoms with van der Waals surface area (Å²) in [6.45, 7) is -0.577. The molecule has 0 atom stereocenters. The number of amidine groups is 1. The Morgan fingerprint density at radius 2 is 0.864 bits per heavy atom. The first-order valence-electron chi connectivity index (χ1n) is 17.7. The SMILES string of the molecule is Oc1c(O)c(-c2c(O)c(O)c(O)c3c2oc2c(O)c(O)c(O)c(O)c23)c(O)c(O)c1C/N=C(\N=C/c1ccc(-c2ccccc2)cc1)c1ccc(-c2ccccc2)cc1. The number of aliphatic imine (C=N–C) groups is 2. The predicted molar refractivity (Wildman–Crippen MR) is 219 cm³/mol. The van der Waals surface area contributed by atoms with Crippen LogP contribution in [0.1, 0.15) is 16.7 Å². The summed E-state index contributed by atoms with van der Waals surface area (Å²) in [4.78, 5) is 9.17. The summed E-state index contributed by atoms with van der Waals surface area (Å²) < 4.78 is 5.54. The van der Waals surface area contributed by atoms with Crippen molar-refractivity contribution in [1.82, 2.24) is 0 Å². The van der Waals surface area contributed by atoms with E-state index in [0.29, 0.717) is 5.56 Å². The molecular weight excluding hydrogens is 760 g/mol. The highest BCUT2D eigenvalue weighted by atomic mass is 16.4. The van der Waals surface area contributed by atoms with Crippen LogP contribution in [0.3, 0.4) is 0 Å². The highest BCUT2D eigenvalue weighted by Gasteiger charge is 2.35. The lowest BCUT2D eigenvalue weighted by Crippen LogP contribution is -2.01. The number of nitrogens with zero attached hydrogens (tertiary/aromatic N) is 2. The molecule has 0 spiro atoms. The van der Waals surface area contributed by atoms with E-state index in [1.54, 1.807) is 18.3 Å². The topological polar surface area (TPSA) is 260 Å². The third-order valence-corrected chi connectivity index (χ3v) is 9.92. The van der Waals surface area contributed by atoms with Gasteiger partial charge >= 0.3 is 0 Å². The average Bonchev–Trinajstić information content (AvgIpc) is 3.67. The van der Waals surface area contributed by atoms with Crippen molar-refractivity contribution >= 4 is 34.0 Å². The monoisotopic (exact) mass is 792 g/mol. The molecule has 0 aliphatic rings. The molecule has 14 nitrogen and oxygen atoms in total. The highest BCUT2D eigenvalue weighted by molar-refractivity contribution is 6.20. The van der Waals surface area contributed by atoms with Gasteiger partial charge in [0.25, 0.3) is 0 Å². The quantitative estimate of drug-likeness (QED) is 0.0315. The van der Waals surface area contributed by atoms with E-state index in [2.05, 4.69) is 9.98 Å². The van der Waals surface area contributed by atoms with Gasteiger partial charge in [0.2, 0.25) is 23.0 Å². The summed E-state index contributed by atoms with van der Waals surface area (Å²) in [7, 11) is 0. The number of aromatic hydroxyl groups is 11. The number of phenolic OH excluding ortho intramolecular Hbond substituents is 11. The Labute approximate surface area is 332 Å². The van der Waals surface area contributed by atoms with Gasteiger partial charge in [0, 0.05) is 11.8 Å². The van der Waals surface area contributed by atoms with Crippen molar-refractivity contribution in [2.45, 2.75) is 6.54 Å². The van der Waals surface area contributed by atoms with Crippen LogP contribution >= 0.6 is 0 Å². The van der Waals surface area contributed by atoms with Crippen molar-refractivity contribution < 1.29 is 60.6 Å². The average molecular weight is 793 g/mol. The minimum Gasteiger partial charge on any atom is -0.504 e. The van der Waals surface area contributed by atoms with Crippen LogP contribution in [-0.4, -0.2) is 68.2 Å². The molecule has 8 aromatic rings. The van der Waals surface area contributed by atoms with Crippen molar-refractivity contribution in [3.63, 3.8) is 0 Å². The van der Waals surface area contributed by atoms with Gasteiger partial charge in [-0.05, 0) is 27.8 Å². The van der Waals surface area contributed by atoms with Gasteiger partial charge in [-0.2, -0.15) is 0 Å². The second kappa shape index (κ2) is 14.5. The molecule has 0 bridgehead atoms. The molecule has 8 rings (SSSR count). The Bertz CT molecular complexity index is 2970. The van der Waals surface area contributed by atoms with Crippen LogP contribution in [0.15, 0.2) is 124 Å². The van der Waals surface area contributed by atoms with E-state index in [1.807, 2.05) is 97.1 Å². The molecule has 0 unspecified atom stereocenters. The van der Waals surface area contributed by atoms with Crippen molar-refractivity contribution in [3.05, 3.63) is 126 Å². The second-order valence-corrected chi connectivity index (χ2v) is 13.4. The van der Waals surface area contributed by atoms with Crippen LogP contribution in [0.2, 0.25) is 0 Å². The molecule has 0 aliphatic carbocycles. The van der Waals surface area contributed by atoms with Gasteiger partial charge in [-0.15, -0.1) is 0 Å². The molecule has 0 radical (unpaired) electrons. The Hall–Kier alpha value is -8.52. The Balaban J connectivity index is 1.23. The van der Waals surface area contributed by atoms with E-state index in [-0.39, 0.29) is 5.84 Å². The number of phenols is 11. The van der Waals surface area contributed by atoms with Crippen LogP contribution in [0.5, 0.6) is 63.2 Å². The van der Waals surface area contributed by atoms with E-state index in [0.717, 1.165) is 27.8 Å². The first-order chi connectivity index (χ1) is 28.4. The van der Waals surface area contributed by atoms with Gasteiger partial charge in [0.05, 0.1) is 34.0 Å². The highest BCUT2D eigenvalue weighted by Crippen LogP contribution is 2.62. The maximum atomic E-state index is 11.4. The molecule has 0 saturated carbocycles. The van der Waals surface area contributed by atoms with Crippen LogP contribution in [0.25, 0.3) is 55.3 Å². The van der Waals surface area contributed by atoms with Gasteiger partial charge in [0.15, 0.2) is 57.2 Å². The van der Waals surface area contributed by atoms with Crippen molar-refractivity contribution in [1.29, 1.82) is 0 Å². The fourth-order valence-electron chi connectivity index (χ4n) is 6.83. The third-order valence-electron chi connectivity index (χ3n) is 9.92. The maximum absolute atomic E-state index is 11.4. The summed E-state index contributed by atoms with van der Waals surface area (Å²) in [5.41, 5.74) is 1.41. The van der Waals surface area contributed by atoms with Gasteiger partial charge in [-0.25, -0.2) is 4.99 Å². The van der Waals surface area contributed by atoms with Crippen LogP contribution < -0.4 is 0 Å². The fourth-order valence-corrected chi connectivity index (χ4v) is 6.83. The molecule has 7 aromatic carbocycles. The molecule has 0 fully saturated rings. The molecule has 0 saturated heterocycles. The molecule has 59 heavy (non-hydrogen) atoms. The first-order valence-corrected chi connectivity index (χ1v) is 17.7. The van der Waals surface area contributed by atoms with Crippen LogP contribution in [0, 0.1) is 0 Å². The molecule has 0 amide bonds. The largest absolute Gasteiger partial charge is 0.504 e. The van der Waals surface area contributed by atoms with E-state index >= 15 is 0 Å². The maximum Gasteiger partial charge on any atom is 0.208 e. The zero-order valence-corrected chi connectivity index (χ0v) is 30.4. The van der Waals surface area contributed by atoms with E-state index in [9.17, 15) is 56.2 Å². The zero-order valence-electron chi connectivity index (χ0n) is 30.4. The number of benzene rings is 7. The first kappa shape index (κ1) is 37.4.